The van der Waals surface area contributed by atoms with Crippen LogP contribution in [0.5, 0.6) is 0 Å². The van der Waals surface area contributed by atoms with Crippen LogP contribution < -0.4 is 10.9 Å². The van der Waals surface area contributed by atoms with Crippen molar-refractivity contribution in [2.75, 3.05) is 5.32 Å². The molecule has 0 spiro atoms. The molecule has 0 saturated heterocycles. The summed E-state index contributed by atoms with van der Waals surface area (Å²) in [5.74, 6) is -0.791. The lowest BCUT2D eigenvalue weighted by Gasteiger charge is -2.10. The molecule has 4 nitrogen and oxygen atoms in total. The summed E-state index contributed by atoms with van der Waals surface area (Å²) in [6.07, 6.45) is -0.116. The van der Waals surface area contributed by atoms with Crippen molar-refractivity contribution in [3.8, 4) is 0 Å². The van der Waals surface area contributed by atoms with Crippen molar-refractivity contribution in [1.82, 2.24) is 4.98 Å². The van der Waals surface area contributed by atoms with Crippen LogP contribution in [0.1, 0.15) is 27.2 Å². The summed E-state index contributed by atoms with van der Waals surface area (Å²) in [6, 6.07) is 6.88. The maximum absolute atomic E-state index is 12.6. The molecule has 1 amide bonds. The highest BCUT2D eigenvalue weighted by molar-refractivity contribution is 6.04. The second kappa shape index (κ2) is 7.86. The zero-order valence-corrected chi connectivity index (χ0v) is 13.8. The molecule has 0 saturated carbocycles. The average molecular weight is 362 g/mol. The number of anilines is 1. The van der Waals surface area contributed by atoms with Crippen LogP contribution in [0.3, 0.4) is 0 Å². The minimum atomic E-state index is -4.69. The fourth-order valence-corrected chi connectivity index (χ4v) is 2.42. The van der Waals surface area contributed by atoms with E-state index < -0.39 is 28.9 Å². The topological polar surface area (TPSA) is 62.0 Å². The maximum Gasteiger partial charge on any atom is 0.431 e. The lowest BCUT2D eigenvalue weighted by molar-refractivity contribution is -0.141. The minimum Gasteiger partial charge on any atom is -0.322 e. The van der Waals surface area contributed by atoms with E-state index in [1.165, 1.54) is 0 Å². The molecule has 2 N–H and O–H groups in total. The highest BCUT2D eigenvalue weighted by Crippen LogP contribution is 2.26. The van der Waals surface area contributed by atoms with Gasteiger partial charge in [0.2, 0.25) is 0 Å². The van der Waals surface area contributed by atoms with Gasteiger partial charge in [0.05, 0.1) is 0 Å². The first kappa shape index (κ1) is 19.2. The Hall–Kier alpha value is -3.09. The molecule has 0 aliphatic rings. The van der Waals surface area contributed by atoms with Gasteiger partial charge in [-0.25, -0.2) is 0 Å². The summed E-state index contributed by atoms with van der Waals surface area (Å²) < 4.78 is 37.8. The minimum absolute atomic E-state index is 0.405. The predicted octanol–water partition coefficient (Wildman–Crippen LogP) is 4.10. The molecule has 1 aromatic heterocycles. The van der Waals surface area contributed by atoms with E-state index in [4.69, 9.17) is 0 Å². The third-order valence-electron chi connectivity index (χ3n) is 3.53. The summed E-state index contributed by atoms with van der Waals surface area (Å²) in [5.41, 5.74) is -0.485. The van der Waals surface area contributed by atoms with Crippen LogP contribution in [0.25, 0.3) is 0 Å². The number of rotatable bonds is 6. The van der Waals surface area contributed by atoms with Crippen molar-refractivity contribution in [3.63, 3.8) is 0 Å². The number of carbonyl (C=O) groups is 1. The Morgan fingerprint density at radius 3 is 2.12 bits per heavy atom. The molecule has 0 unspecified atom stereocenters. The molecular formula is C19H17F3N2O2. The van der Waals surface area contributed by atoms with E-state index in [0.29, 0.717) is 24.6 Å². The number of allylic oxidation sites excluding steroid dienone is 2. The second-order valence-electron chi connectivity index (χ2n) is 5.59. The normalized spacial score (nSPS) is 11.0. The fourth-order valence-electron chi connectivity index (χ4n) is 2.42. The van der Waals surface area contributed by atoms with Crippen molar-refractivity contribution >= 4 is 11.6 Å². The molecule has 1 heterocycles. The zero-order valence-electron chi connectivity index (χ0n) is 13.8. The summed E-state index contributed by atoms with van der Waals surface area (Å²) in [5, 5.41) is 2.55. The monoisotopic (exact) mass is 362 g/mol. The van der Waals surface area contributed by atoms with Gasteiger partial charge >= 0.3 is 6.18 Å². The number of carbonyl (C=O) groups excluding carboxylic acids is 1. The van der Waals surface area contributed by atoms with Gasteiger partial charge in [0, 0.05) is 5.69 Å². The number of H-pyrrole nitrogens is 1. The molecule has 0 aliphatic heterocycles. The number of halogens is 3. The SMILES string of the molecule is C=CCc1cc(CC=C)cc(NC(=O)c2ccc(C(F)(F)F)[nH]c2=O)c1. The molecule has 136 valence electrons. The molecule has 0 fully saturated rings. The van der Waals surface area contributed by atoms with Gasteiger partial charge in [-0.2, -0.15) is 13.2 Å². The molecule has 26 heavy (non-hydrogen) atoms. The predicted molar refractivity (Wildman–Crippen MR) is 94.3 cm³/mol. The number of hydrogen-bond acceptors (Lipinski definition) is 2. The standard InChI is InChI=1S/C19H17F3N2O2/c1-3-5-12-9-13(6-4-2)11-14(10-12)23-17(25)15-7-8-16(19(20,21)22)24-18(15)26/h3-4,7-11H,1-2,5-6H2,(H,23,25)(H,24,26). The second-order valence-corrected chi connectivity index (χ2v) is 5.59. The fraction of sp³-hybridized carbons (Fsp3) is 0.158. The first-order chi connectivity index (χ1) is 12.2. The molecule has 0 bridgehead atoms. The van der Waals surface area contributed by atoms with Crippen LogP contribution in [-0.2, 0) is 19.0 Å². The summed E-state index contributed by atoms with van der Waals surface area (Å²) >= 11 is 0. The number of aromatic nitrogens is 1. The largest absolute Gasteiger partial charge is 0.431 e. The van der Waals surface area contributed by atoms with Crippen molar-refractivity contribution < 1.29 is 18.0 Å². The van der Waals surface area contributed by atoms with Crippen molar-refractivity contribution in [2.45, 2.75) is 19.0 Å². The number of benzene rings is 1. The Labute approximate surface area is 148 Å². The van der Waals surface area contributed by atoms with Gasteiger partial charge in [-0.1, -0.05) is 18.2 Å². The smallest absolute Gasteiger partial charge is 0.322 e. The van der Waals surface area contributed by atoms with Crippen molar-refractivity contribution in [3.05, 3.63) is 88.4 Å². The van der Waals surface area contributed by atoms with E-state index in [2.05, 4.69) is 18.5 Å². The molecule has 2 aromatic rings. The van der Waals surface area contributed by atoms with Crippen molar-refractivity contribution in [1.29, 1.82) is 0 Å². The first-order valence-electron chi connectivity index (χ1n) is 7.71. The highest BCUT2D eigenvalue weighted by Gasteiger charge is 2.32. The average Bonchev–Trinajstić information content (AvgIpc) is 2.54. The lowest BCUT2D eigenvalue weighted by atomic mass is 10.0. The van der Waals surface area contributed by atoms with E-state index in [-0.39, 0.29) is 0 Å². The number of alkyl halides is 3. The van der Waals surface area contributed by atoms with Gasteiger partial charge in [0.15, 0.2) is 0 Å². The Morgan fingerprint density at radius 2 is 1.65 bits per heavy atom. The molecule has 0 atom stereocenters. The summed E-state index contributed by atoms with van der Waals surface area (Å²) in [4.78, 5) is 25.8. The first-order valence-corrected chi connectivity index (χ1v) is 7.71. The van der Waals surface area contributed by atoms with Crippen LogP contribution in [0, 0.1) is 0 Å². The molecule has 2 rings (SSSR count). The van der Waals surface area contributed by atoms with Crippen LogP contribution >= 0.6 is 0 Å². The highest BCUT2D eigenvalue weighted by atomic mass is 19.4. The van der Waals surface area contributed by atoms with Crippen LogP contribution in [0.15, 0.2) is 60.4 Å². The molecule has 1 aromatic carbocycles. The summed E-state index contributed by atoms with van der Waals surface area (Å²) in [6.45, 7) is 7.33. The van der Waals surface area contributed by atoms with E-state index in [0.717, 1.165) is 17.2 Å². The number of aromatic amines is 1. The number of pyridine rings is 1. The Kier molecular flexibility index (Phi) is 5.82. The van der Waals surface area contributed by atoms with Crippen LogP contribution in [-0.4, -0.2) is 10.9 Å². The number of amides is 1. The van der Waals surface area contributed by atoms with E-state index in [1.807, 2.05) is 6.07 Å². The lowest BCUT2D eigenvalue weighted by Crippen LogP contribution is -2.25. The maximum atomic E-state index is 12.6. The molecule has 7 heteroatoms. The number of nitrogens with one attached hydrogen (secondary N) is 2. The van der Waals surface area contributed by atoms with Crippen LogP contribution in [0.4, 0.5) is 18.9 Å². The zero-order chi connectivity index (χ0) is 19.3. The van der Waals surface area contributed by atoms with Gasteiger partial charge in [0.1, 0.15) is 11.3 Å². The number of hydrogen-bond donors (Lipinski definition) is 2. The van der Waals surface area contributed by atoms with Gasteiger partial charge < -0.3 is 10.3 Å². The van der Waals surface area contributed by atoms with E-state index in [9.17, 15) is 22.8 Å². The summed E-state index contributed by atoms with van der Waals surface area (Å²) in [7, 11) is 0. The molecule has 0 radical (unpaired) electrons. The third-order valence-corrected chi connectivity index (χ3v) is 3.53. The van der Waals surface area contributed by atoms with E-state index >= 15 is 0 Å². The molecular weight excluding hydrogens is 345 g/mol. The van der Waals surface area contributed by atoms with Gasteiger partial charge in [-0.05, 0) is 48.2 Å². The van der Waals surface area contributed by atoms with Gasteiger partial charge in [0.25, 0.3) is 11.5 Å². The Balaban J connectivity index is 2.30. The van der Waals surface area contributed by atoms with Gasteiger partial charge in [-0.15, -0.1) is 13.2 Å². The van der Waals surface area contributed by atoms with Crippen LogP contribution in [0.2, 0.25) is 0 Å². The van der Waals surface area contributed by atoms with E-state index in [1.54, 1.807) is 29.3 Å². The van der Waals surface area contributed by atoms with Crippen molar-refractivity contribution in [2.24, 2.45) is 0 Å². The van der Waals surface area contributed by atoms with Gasteiger partial charge in [-0.3, -0.25) is 9.59 Å². The quantitative estimate of drug-likeness (QED) is 0.760. The Bertz CT molecular complexity index is 870. The molecule has 0 aliphatic carbocycles. The Morgan fingerprint density at radius 1 is 1.08 bits per heavy atom. The third kappa shape index (κ3) is 4.72.